The zero-order valence-corrected chi connectivity index (χ0v) is 17.4. The van der Waals surface area contributed by atoms with E-state index < -0.39 is 0 Å². The summed E-state index contributed by atoms with van der Waals surface area (Å²) >= 11 is 0. The molecule has 2 aromatic heterocycles. The SMILES string of the molecule is I.NC(=NCCc1cccc2[nH]ccc12)N1CCN(c2ncccn2)CC1. The van der Waals surface area contributed by atoms with Gasteiger partial charge in [0.25, 0.3) is 0 Å². The van der Waals surface area contributed by atoms with Gasteiger partial charge in [0.2, 0.25) is 5.95 Å². The normalized spacial score (nSPS) is 15.0. The first-order valence-electron chi connectivity index (χ1n) is 8.93. The van der Waals surface area contributed by atoms with E-state index in [1.165, 1.54) is 16.5 Å². The lowest BCUT2D eigenvalue weighted by Crippen LogP contribution is -2.51. The van der Waals surface area contributed by atoms with Crippen LogP contribution in [0, 0.1) is 0 Å². The molecular formula is C19H24IN7. The number of aromatic nitrogens is 3. The third-order valence-corrected chi connectivity index (χ3v) is 4.78. The van der Waals surface area contributed by atoms with Crippen LogP contribution in [0.5, 0.6) is 0 Å². The van der Waals surface area contributed by atoms with Crippen LogP contribution in [0.25, 0.3) is 10.9 Å². The van der Waals surface area contributed by atoms with Gasteiger partial charge in [0.1, 0.15) is 0 Å². The van der Waals surface area contributed by atoms with Crippen LogP contribution in [0.3, 0.4) is 0 Å². The summed E-state index contributed by atoms with van der Waals surface area (Å²) in [5.74, 6) is 1.40. The van der Waals surface area contributed by atoms with Crippen molar-refractivity contribution in [3.05, 3.63) is 54.5 Å². The molecule has 1 aliphatic heterocycles. The van der Waals surface area contributed by atoms with E-state index in [0.29, 0.717) is 12.5 Å². The fourth-order valence-corrected chi connectivity index (χ4v) is 3.35. The number of hydrogen-bond donors (Lipinski definition) is 2. The lowest BCUT2D eigenvalue weighted by Gasteiger charge is -2.35. The molecule has 3 aromatic rings. The largest absolute Gasteiger partial charge is 0.370 e. The Bertz CT molecular complexity index is 885. The molecule has 0 spiro atoms. The van der Waals surface area contributed by atoms with Crippen molar-refractivity contribution in [2.24, 2.45) is 10.7 Å². The van der Waals surface area contributed by atoms with Gasteiger partial charge in [-0.1, -0.05) is 12.1 Å². The number of aliphatic imine (C=N–C) groups is 1. The van der Waals surface area contributed by atoms with Crippen molar-refractivity contribution in [1.29, 1.82) is 0 Å². The molecule has 1 aliphatic rings. The molecule has 0 amide bonds. The molecule has 3 N–H and O–H groups in total. The number of hydrogen-bond acceptors (Lipinski definition) is 4. The van der Waals surface area contributed by atoms with Gasteiger partial charge in [-0.25, -0.2) is 9.97 Å². The van der Waals surface area contributed by atoms with Crippen LogP contribution in [0.4, 0.5) is 5.95 Å². The summed E-state index contributed by atoms with van der Waals surface area (Å²) in [6.45, 7) is 4.06. The van der Waals surface area contributed by atoms with E-state index in [2.05, 4.69) is 54.0 Å². The van der Waals surface area contributed by atoms with E-state index in [9.17, 15) is 0 Å². The topological polar surface area (TPSA) is 86.4 Å². The van der Waals surface area contributed by atoms with Gasteiger partial charge in [-0.05, 0) is 30.2 Å². The van der Waals surface area contributed by atoms with Crippen molar-refractivity contribution in [3.63, 3.8) is 0 Å². The van der Waals surface area contributed by atoms with E-state index in [1.54, 1.807) is 12.4 Å². The van der Waals surface area contributed by atoms with E-state index >= 15 is 0 Å². The Morgan fingerprint density at radius 2 is 1.85 bits per heavy atom. The molecule has 1 fully saturated rings. The average molecular weight is 477 g/mol. The highest BCUT2D eigenvalue weighted by Crippen LogP contribution is 2.17. The molecule has 8 heteroatoms. The number of guanidine groups is 1. The fourth-order valence-electron chi connectivity index (χ4n) is 3.35. The Morgan fingerprint density at radius 1 is 1.07 bits per heavy atom. The number of nitrogens with one attached hydrogen (secondary N) is 1. The molecular weight excluding hydrogens is 453 g/mol. The van der Waals surface area contributed by atoms with Crippen molar-refractivity contribution in [2.45, 2.75) is 6.42 Å². The quantitative estimate of drug-likeness (QED) is 0.342. The summed E-state index contributed by atoms with van der Waals surface area (Å²) < 4.78 is 0. The second-order valence-electron chi connectivity index (χ2n) is 6.37. The third-order valence-electron chi connectivity index (χ3n) is 4.78. The minimum absolute atomic E-state index is 0. The molecule has 0 saturated carbocycles. The molecule has 3 heterocycles. The number of halogens is 1. The number of H-pyrrole nitrogens is 1. The third kappa shape index (κ3) is 4.49. The van der Waals surface area contributed by atoms with Gasteiger partial charge in [0.05, 0.1) is 0 Å². The molecule has 142 valence electrons. The number of aromatic amines is 1. The van der Waals surface area contributed by atoms with E-state index in [-0.39, 0.29) is 24.0 Å². The van der Waals surface area contributed by atoms with Crippen molar-refractivity contribution >= 4 is 46.8 Å². The number of anilines is 1. The van der Waals surface area contributed by atoms with Crippen LogP contribution in [0.2, 0.25) is 0 Å². The molecule has 0 bridgehead atoms. The number of nitrogens with zero attached hydrogens (tertiary/aromatic N) is 5. The lowest BCUT2D eigenvalue weighted by molar-refractivity contribution is 0.378. The van der Waals surface area contributed by atoms with Crippen LogP contribution < -0.4 is 10.6 Å². The first-order valence-corrected chi connectivity index (χ1v) is 8.93. The molecule has 0 aliphatic carbocycles. The van der Waals surface area contributed by atoms with Crippen LogP contribution in [-0.2, 0) is 6.42 Å². The Balaban J connectivity index is 0.00000210. The zero-order valence-electron chi connectivity index (χ0n) is 15.1. The van der Waals surface area contributed by atoms with Crippen molar-refractivity contribution < 1.29 is 0 Å². The standard InChI is InChI=1S/C19H23N7.HI/c20-18(22-9-5-15-3-1-4-17-16(15)6-10-21-17)25-11-13-26(14-12-25)19-23-7-2-8-24-19;/h1-4,6-8,10,21H,5,9,11-14H2,(H2,20,22);1H. The summed E-state index contributed by atoms with van der Waals surface area (Å²) in [6, 6.07) is 10.3. The van der Waals surface area contributed by atoms with Crippen molar-refractivity contribution in [1.82, 2.24) is 19.9 Å². The maximum Gasteiger partial charge on any atom is 0.225 e. The number of nitrogens with two attached hydrogens (primary N) is 1. The smallest absolute Gasteiger partial charge is 0.225 e. The highest BCUT2D eigenvalue weighted by Gasteiger charge is 2.19. The lowest BCUT2D eigenvalue weighted by atomic mass is 10.1. The number of benzene rings is 1. The van der Waals surface area contributed by atoms with Crippen LogP contribution >= 0.6 is 24.0 Å². The number of piperazine rings is 1. The first-order chi connectivity index (χ1) is 12.8. The van der Waals surface area contributed by atoms with E-state index in [4.69, 9.17) is 5.73 Å². The number of fused-ring (bicyclic) bond motifs is 1. The molecule has 0 radical (unpaired) electrons. The maximum absolute atomic E-state index is 6.21. The monoisotopic (exact) mass is 477 g/mol. The predicted octanol–water partition coefficient (Wildman–Crippen LogP) is 2.26. The predicted molar refractivity (Wildman–Crippen MR) is 120 cm³/mol. The van der Waals surface area contributed by atoms with E-state index in [1.807, 2.05) is 12.3 Å². The van der Waals surface area contributed by atoms with Gasteiger partial charge in [-0.2, -0.15) is 0 Å². The Kier molecular flexibility index (Phi) is 6.49. The first kappa shape index (κ1) is 19.4. The maximum atomic E-state index is 6.21. The van der Waals surface area contributed by atoms with Gasteiger partial charge in [-0.3, -0.25) is 4.99 Å². The summed E-state index contributed by atoms with van der Waals surface area (Å²) in [7, 11) is 0. The molecule has 4 rings (SSSR count). The summed E-state index contributed by atoms with van der Waals surface area (Å²) in [4.78, 5) is 20.8. The number of rotatable bonds is 4. The fraction of sp³-hybridized carbons (Fsp3) is 0.316. The van der Waals surface area contributed by atoms with Crippen molar-refractivity contribution in [2.75, 3.05) is 37.6 Å². The van der Waals surface area contributed by atoms with Crippen molar-refractivity contribution in [3.8, 4) is 0 Å². The minimum atomic E-state index is 0. The van der Waals surface area contributed by atoms with E-state index in [0.717, 1.165) is 38.5 Å². The van der Waals surface area contributed by atoms with Crippen LogP contribution in [-0.4, -0.2) is 58.5 Å². The Labute approximate surface area is 175 Å². The molecule has 7 nitrogen and oxygen atoms in total. The molecule has 1 saturated heterocycles. The zero-order chi connectivity index (χ0) is 17.8. The van der Waals surface area contributed by atoms with Gasteiger partial charge >= 0.3 is 0 Å². The molecule has 27 heavy (non-hydrogen) atoms. The molecule has 0 atom stereocenters. The Hall–Kier alpha value is -2.36. The highest BCUT2D eigenvalue weighted by atomic mass is 127. The average Bonchev–Trinajstić information content (AvgIpc) is 3.18. The van der Waals surface area contributed by atoms with Gasteiger partial charge in [0.15, 0.2) is 5.96 Å². The molecule has 0 unspecified atom stereocenters. The summed E-state index contributed by atoms with van der Waals surface area (Å²) in [5.41, 5.74) is 8.67. The van der Waals surface area contributed by atoms with Gasteiger partial charge in [-0.15, -0.1) is 24.0 Å². The minimum Gasteiger partial charge on any atom is -0.370 e. The van der Waals surface area contributed by atoms with Gasteiger partial charge < -0.3 is 20.5 Å². The molecule has 1 aromatic carbocycles. The Morgan fingerprint density at radius 3 is 2.63 bits per heavy atom. The summed E-state index contributed by atoms with van der Waals surface area (Å²) in [6.07, 6.45) is 6.40. The van der Waals surface area contributed by atoms with Crippen LogP contribution in [0.1, 0.15) is 5.56 Å². The van der Waals surface area contributed by atoms with Gasteiger partial charge in [0, 0.05) is 62.2 Å². The second-order valence-corrected chi connectivity index (χ2v) is 6.37. The van der Waals surface area contributed by atoms with Crippen LogP contribution in [0.15, 0.2) is 53.9 Å². The second kappa shape index (κ2) is 9.03. The summed E-state index contributed by atoms with van der Waals surface area (Å²) in [5, 5.41) is 1.26. The highest BCUT2D eigenvalue weighted by molar-refractivity contribution is 14.0.